The number of fused-ring (bicyclic) bond motifs is 1. The molecule has 0 saturated heterocycles. The van der Waals surface area contributed by atoms with Gasteiger partial charge in [-0.25, -0.2) is 9.78 Å². The van der Waals surface area contributed by atoms with E-state index in [2.05, 4.69) is 10.3 Å². The molecule has 0 radical (unpaired) electrons. The molecule has 0 aliphatic carbocycles. The summed E-state index contributed by atoms with van der Waals surface area (Å²) in [7, 11) is 0. The zero-order valence-electron chi connectivity index (χ0n) is 10.9. The van der Waals surface area contributed by atoms with Crippen molar-refractivity contribution in [2.45, 2.75) is 6.54 Å². The third kappa shape index (κ3) is 2.95. The molecule has 0 atom stereocenters. The van der Waals surface area contributed by atoms with Crippen LogP contribution in [0.2, 0.25) is 0 Å². The minimum atomic E-state index is -0.930. The van der Waals surface area contributed by atoms with E-state index in [-0.39, 0.29) is 11.3 Å². The topological polar surface area (TPSA) is 82.5 Å². The van der Waals surface area contributed by atoms with Crippen molar-refractivity contribution in [1.82, 2.24) is 4.98 Å². The molecule has 5 nitrogen and oxygen atoms in total. The minimum absolute atomic E-state index is 0.224. The monoisotopic (exact) mass is 300 g/mol. The zero-order chi connectivity index (χ0) is 14.8. The standard InChI is InChI=1S/C15H12N2O3S/c18-11-5-6-12-13(7-11)21-15(17-12)16-8-9-1-3-10(4-2-9)14(19)20/h1-7,18H,8H2,(H,16,17)(H,19,20). The second-order valence-corrected chi connectivity index (χ2v) is 5.56. The van der Waals surface area contributed by atoms with Crippen LogP contribution in [0.25, 0.3) is 10.2 Å². The van der Waals surface area contributed by atoms with Gasteiger partial charge in [0.25, 0.3) is 0 Å². The first-order valence-corrected chi connectivity index (χ1v) is 7.09. The maximum absolute atomic E-state index is 10.8. The Morgan fingerprint density at radius 2 is 1.95 bits per heavy atom. The molecule has 0 aliphatic heterocycles. The number of hydrogen-bond donors (Lipinski definition) is 3. The average Bonchev–Trinajstić information content (AvgIpc) is 2.87. The first-order chi connectivity index (χ1) is 10.1. The van der Waals surface area contributed by atoms with Crippen molar-refractivity contribution in [3.63, 3.8) is 0 Å². The van der Waals surface area contributed by atoms with Gasteiger partial charge in [0, 0.05) is 6.54 Å². The van der Waals surface area contributed by atoms with Crippen molar-refractivity contribution < 1.29 is 15.0 Å². The van der Waals surface area contributed by atoms with Crippen molar-refractivity contribution in [3.05, 3.63) is 53.6 Å². The Kier molecular flexibility index (Phi) is 3.45. The minimum Gasteiger partial charge on any atom is -0.508 e. The molecule has 3 N–H and O–H groups in total. The number of phenols is 1. The van der Waals surface area contributed by atoms with Gasteiger partial charge in [0.05, 0.1) is 15.8 Å². The van der Waals surface area contributed by atoms with E-state index >= 15 is 0 Å². The van der Waals surface area contributed by atoms with Gasteiger partial charge in [-0.1, -0.05) is 23.5 Å². The zero-order valence-corrected chi connectivity index (χ0v) is 11.7. The summed E-state index contributed by atoms with van der Waals surface area (Å²) in [5, 5.41) is 22.2. The maximum Gasteiger partial charge on any atom is 0.335 e. The fraction of sp³-hybridized carbons (Fsp3) is 0.0667. The number of aromatic nitrogens is 1. The predicted octanol–water partition coefficient (Wildman–Crippen LogP) is 3.31. The number of nitrogens with one attached hydrogen (secondary N) is 1. The molecule has 21 heavy (non-hydrogen) atoms. The number of thiazole rings is 1. The predicted molar refractivity (Wildman–Crippen MR) is 82.0 cm³/mol. The second-order valence-electron chi connectivity index (χ2n) is 4.53. The molecule has 0 unspecified atom stereocenters. The van der Waals surface area contributed by atoms with Crippen molar-refractivity contribution in [3.8, 4) is 5.75 Å². The van der Waals surface area contributed by atoms with Crippen LogP contribution in [-0.4, -0.2) is 21.2 Å². The SMILES string of the molecule is O=C(O)c1ccc(CNc2nc3ccc(O)cc3s2)cc1. The summed E-state index contributed by atoms with van der Waals surface area (Å²) in [6.45, 7) is 0.561. The van der Waals surface area contributed by atoms with Crippen LogP contribution >= 0.6 is 11.3 Å². The largest absolute Gasteiger partial charge is 0.508 e. The molecule has 0 saturated carbocycles. The molecule has 3 rings (SSSR count). The number of aromatic hydroxyl groups is 1. The molecule has 1 aromatic heterocycles. The van der Waals surface area contributed by atoms with E-state index in [9.17, 15) is 9.90 Å². The van der Waals surface area contributed by atoms with Crippen molar-refractivity contribution in [2.24, 2.45) is 0 Å². The Morgan fingerprint density at radius 1 is 1.19 bits per heavy atom. The smallest absolute Gasteiger partial charge is 0.335 e. The number of carboxylic acids is 1. The highest BCUT2D eigenvalue weighted by molar-refractivity contribution is 7.22. The van der Waals surface area contributed by atoms with Gasteiger partial charge in [-0.2, -0.15) is 0 Å². The van der Waals surface area contributed by atoms with Gasteiger partial charge in [-0.05, 0) is 35.9 Å². The van der Waals surface area contributed by atoms with Gasteiger partial charge in [0.1, 0.15) is 5.75 Å². The fourth-order valence-corrected chi connectivity index (χ4v) is 2.83. The molecule has 6 heteroatoms. The van der Waals surface area contributed by atoms with Crippen molar-refractivity contribution in [1.29, 1.82) is 0 Å². The number of carbonyl (C=O) groups is 1. The van der Waals surface area contributed by atoms with E-state index in [1.165, 1.54) is 11.3 Å². The molecule has 0 fully saturated rings. The third-order valence-corrected chi connectivity index (χ3v) is 3.99. The van der Waals surface area contributed by atoms with E-state index in [4.69, 9.17) is 5.11 Å². The quantitative estimate of drug-likeness (QED) is 0.688. The summed E-state index contributed by atoms with van der Waals surface area (Å²) in [6, 6.07) is 11.8. The normalized spacial score (nSPS) is 10.7. The van der Waals surface area contributed by atoms with Crippen LogP contribution in [0.1, 0.15) is 15.9 Å². The van der Waals surface area contributed by atoms with Gasteiger partial charge >= 0.3 is 5.97 Å². The fourth-order valence-electron chi connectivity index (χ4n) is 1.93. The lowest BCUT2D eigenvalue weighted by Crippen LogP contribution is -2.00. The van der Waals surface area contributed by atoms with Crippen molar-refractivity contribution in [2.75, 3.05) is 5.32 Å². The Labute approximate surface area is 124 Å². The van der Waals surface area contributed by atoms with E-state index in [1.54, 1.807) is 42.5 Å². The number of phenolic OH excluding ortho intramolecular Hbond substituents is 1. The summed E-state index contributed by atoms with van der Waals surface area (Å²) in [5.41, 5.74) is 2.08. The summed E-state index contributed by atoms with van der Waals surface area (Å²) in [5.74, 6) is -0.706. The van der Waals surface area contributed by atoms with Crippen LogP contribution in [0, 0.1) is 0 Å². The number of hydrogen-bond acceptors (Lipinski definition) is 5. The maximum atomic E-state index is 10.8. The molecular weight excluding hydrogens is 288 g/mol. The molecule has 3 aromatic rings. The first kappa shape index (κ1) is 13.4. The summed E-state index contributed by atoms with van der Waals surface area (Å²) < 4.78 is 0.915. The van der Waals surface area contributed by atoms with Gasteiger partial charge in [0.2, 0.25) is 0 Å². The third-order valence-electron chi connectivity index (χ3n) is 3.02. The van der Waals surface area contributed by atoms with Gasteiger partial charge in [-0.3, -0.25) is 0 Å². The molecule has 1 heterocycles. The average molecular weight is 300 g/mol. The molecule has 0 bridgehead atoms. The Hall–Kier alpha value is -2.60. The van der Waals surface area contributed by atoms with Gasteiger partial charge < -0.3 is 15.5 Å². The van der Waals surface area contributed by atoms with E-state index in [0.29, 0.717) is 6.54 Å². The lowest BCUT2D eigenvalue weighted by Gasteiger charge is -2.03. The lowest BCUT2D eigenvalue weighted by atomic mass is 10.1. The van der Waals surface area contributed by atoms with Gasteiger partial charge in [0.15, 0.2) is 5.13 Å². The van der Waals surface area contributed by atoms with Crippen LogP contribution in [0.4, 0.5) is 5.13 Å². The highest BCUT2D eigenvalue weighted by atomic mass is 32.1. The van der Waals surface area contributed by atoms with Crippen LogP contribution in [0.3, 0.4) is 0 Å². The molecule has 2 aromatic carbocycles. The summed E-state index contributed by atoms with van der Waals surface area (Å²) in [4.78, 5) is 15.2. The highest BCUT2D eigenvalue weighted by Gasteiger charge is 2.05. The van der Waals surface area contributed by atoms with Gasteiger partial charge in [-0.15, -0.1) is 0 Å². The summed E-state index contributed by atoms with van der Waals surface area (Å²) >= 11 is 1.46. The number of carboxylic acid groups (broad SMARTS) is 1. The Bertz CT molecular complexity index is 796. The molecule has 0 amide bonds. The molecule has 0 aliphatic rings. The van der Waals surface area contributed by atoms with Crippen LogP contribution < -0.4 is 5.32 Å². The molecular formula is C15H12N2O3S. The Balaban J connectivity index is 1.72. The van der Waals surface area contributed by atoms with Crippen LogP contribution in [-0.2, 0) is 6.54 Å². The second kappa shape index (κ2) is 5.41. The number of aromatic carboxylic acids is 1. The van der Waals surface area contributed by atoms with Crippen LogP contribution in [0.15, 0.2) is 42.5 Å². The number of nitrogens with zero attached hydrogens (tertiary/aromatic N) is 1. The highest BCUT2D eigenvalue weighted by Crippen LogP contribution is 2.28. The van der Waals surface area contributed by atoms with E-state index in [0.717, 1.165) is 20.9 Å². The summed E-state index contributed by atoms with van der Waals surface area (Å²) in [6.07, 6.45) is 0. The number of benzene rings is 2. The lowest BCUT2D eigenvalue weighted by molar-refractivity contribution is 0.0697. The number of rotatable bonds is 4. The van der Waals surface area contributed by atoms with Crippen molar-refractivity contribution >= 4 is 32.7 Å². The van der Waals surface area contributed by atoms with E-state index < -0.39 is 5.97 Å². The van der Waals surface area contributed by atoms with E-state index in [1.807, 2.05) is 0 Å². The van der Waals surface area contributed by atoms with Crippen LogP contribution in [0.5, 0.6) is 5.75 Å². The first-order valence-electron chi connectivity index (χ1n) is 6.27. The number of anilines is 1. The molecule has 106 valence electrons. The Morgan fingerprint density at radius 3 is 2.67 bits per heavy atom. The molecule has 0 spiro atoms.